The van der Waals surface area contributed by atoms with E-state index in [0.29, 0.717) is 24.4 Å². The summed E-state index contributed by atoms with van der Waals surface area (Å²) in [5.41, 5.74) is 3.93. The van der Waals surface area contributed by atoms with Gasteiger partial charge in [0, 0.05) is 24.0 Å². The molecule has 0 saturated carbocycles. The number of hydrogen-bond acceptors (Lipinski definition) is 4. The van der Waals surface area contributed by atoms with Gasteiger partial charge in [-0.3, -0.25) is 14.8 Å². The molecule has 1 N–H and O–H groups in total. The smallest absolute Gasteiger partial charge is 0.275 e. The third kappa shape index (κ3) is 2.47. The summed E-state index contributed by atoms with van der Waals surface area (Å²) in [6.07, 6.45) is 5.29. The first-order chi connectivity index (χ1) is 12.7. The molecular weight excluding hydrogens is 328 g/mol. The zero-order valence-corrected chi connectivity index (χ0v) is 15.1. The van der Waals surface area contributed by atoms with Crippen molar-refractivity contribution in [3.8, 4) is 0 Å². The maximum atomic E-state index is 13.1. The van der Waals surface area contributed by atoms with Gasteiger partial charge < -0.3 is 9.64 Å². The Kier molecular flexibility index (Phi) is 3.83. The van der Waals surface area contributed by atoms with Crippen LogP contribution < -0.4 is 0 Å². The summed E-state index contributed by atoms with van der Waals surface area (Å²) in [6, 6.07) is 7.09. The minimum Gasteiger partial charge on any atom is -0.377 e. The highest BCUT2D eigenvalue weighted by molar-refractivity contribution is 6.05. The molecule has 2 fully saturated rings. The van der Waals surface area contributed by atoms with E-state index in [-0.39, 0.29) is 5.91 Å². The van der Waals surface area contributed by atoms with Crippen LogP contribution in [-0.4, -0.2) is 71.3 Å². The molecule has 3 aliphatic rings. The molecule has 2 saturated heterocycles. The molecule has 0 spiro atoms. The van der Waals surface area contributed by atoms with E-state index in [9.17, 15) is 4.79 Å². The van der Waals surface area contributed by atoms with Crippen LogP contribution in [-0.2, 0) is 4.74 Å². The average Bonchev–Trinajstić information content (AvgIpc) is 3.07. The summed E-state index contributed by atoms with van der Waals surface area (Å²) >= 11 is 0. The molecule has 0 aliphatic carbocycles. The molecule has 1 aromatic carbocycles. The lowest BCUT2D eigenvalue weighted by Crippen LogP contribution is -2.69. The molecule has 26 heavy (non-hydrogen) atoms. The second-order valence-electron chi connectivity index (χ2n) is 7.60. The van der Waals surface area contributed by atoms with Crippen LogP contribution in [0.2, 0.25) is 0 Å². The van der Waals surface area contributed by atoms with Gasteiger partial charge in [0.15, 0.2) is 5.69 Å². The maximum absolute atomic E-state index is 13.1. The zero-order chi connectivity index (χ0) is 17.7. The lowest BCUT2D eigenvalue weighted by Gasteiger charge is -2.54. The van der Waals surface area contributed by atoms with Crippen molar-refractivity contribution >= 4 is 22.4 Å². The van der Waals surface area contributed by atoms with Crippen molar-refractivity contribution in [2.24, 2.45) is 0 Å². The number of rotatable bonds is 2. The van der Waals surface area contributed by atoms with Crippen LogP contribution in [0.1, 0.15) is 35.3 Å². The van der Waals surface area contributed by atoms with Gasteiger partial charge in [-0.15, -0.1) is 0 Å². The van der Waals surface area contributed by atoms with Crippen LogP contribution in [0.25, 0.3) is 16.5 Å². The van der Waals surface area contributed by atoms with Crippen molar-refractivity contribution in [3.63, 3.8) is 0 Å². The molecular formula is C20H24N4O2. The second kappa shape index (κ2) is 6.21. The number of nitrogens with one attached hydrogen (secondary N) is 1. The Labute approximate surface area is 152 Å². The number of hydrogen-bond donors (Lipinski definition) is 1. The first-order valence-electron chi connectivity index (χ1n) is 9.49. The number of amides is 1. The van der Waals surface area contributed by atoms with Crippen molar-refractivity contribution in [2.45, 2.75) is 31.3 Å². The highest BCUT2D eigenvalue weighted by atomic mass is 16.5. The Hall–Kier alpha value is -2.18. The van der Waals surface area contributed by atoms with Crippen LogP contribution >= 0.6 is 0 Å². The van der Waals surface area contributed by atoms with Gasteiger partial charge in [0.25, 0.3) is 5.91 Å². The van der Waals surface area contributed by atoms with Crippen LogP contribution in [0.4, 0.5) is 0 Å². The standard InChI is InChI=1S/C20H24N4O2/c1-23-8-2-3-17-18(23)12-24(17)20(25)19-15-11-14(4-5-16(15)21-22-19)13-6-9-26-10-7-13/h4-6,11,17-18H,2-3,7-10,12H2,1H3,(H,21,22)/t17?,18-/m1/s1. The van der Waals surface area contributed by atoms with Crippen LogP contribution in [0.3, 0.4) is 0 Å². The van der Waals surface area contributed by atoms with Gasteiger partial charge in [0.1, 0.15) is 0 Å². The number of piperidine rings is 1. The number of H-pyrrole nitrogens is 1. The average molecular weight is 352 g/mol. The van der Waals surface area contributed by atoms with E-state index < -0.39 is 0 Å². The minimum absolute atomic E-state index is 0.0610. The summed E-state index contributed by atoms with van der Waals surface area (Å²) in [5, 5.41) is 8.32. The molecule has 136 valence electrons. The molecule has 6 heteroatoms. The molecule has 1 aromatic heterocycles. The van der Waals surface area contributed by atoms with Crippen LogP contribution in [0, 0.1) is 0 Å². The molecule has 2 atom stereocenters. The summed E-state index contributed by atoms with van der Waals surface area (Å²) < 4.78 is 5.41. The molecule has 5 rings (SSSR count). The largest absolute Gasteiger partial charge is 0.377 e. The van der Waals surface area contributed by atoms with E-state index in [0.717, 1.165) is 55.4 Å². The Morgan fingerprint density at radius 1 is 1.35 bits per heavy atom. The fourth-order valence-corrected chi connectivity index (χ4v) is 4.56. The Morgan fingerprint density at radius 2 is 2.27 bits per heavy atom. The quantitative estimate of drug-likeness (QED) is 0.901. The number of ether oxygens (including phenoxy) is 1. The van der Waals surface area contributed by atoms with E-state index in [4.69, 9.17) is 4.74 Å². The zero-order valence-electron chi connectivity index (χ0n) is 15.1. The number of carbonyl (C=O) groups excluding carboxylic acids is 1. The number of aromatic amines is 1. The molecule has 1 unspecified atom stereocenters. The van der Waals surface area contributed by atoms with Crippen molar-refractivity contribution in [2.75, 3.05) is 33.4 Å². The fourth-order valence-electron chi connectivity index (χ4n) is 4.56. The van der Waals surface area contributed by atoms with E-state index in [1.54, 1.807) is 0 Å². The summed E-state index contributed by atoms with van der Waals surface area (Å²) in [4.78, 5) is 17.5. The maximum Gasteiger partial charge on any atom is 0.275 e. The fraction of sp³-hybridized carbons (Fsp3) is 0.500. The summed E-state index contributed by atoms with van der Waals surface area (Å²) in [6.45, 7) is 3.37. The van der Waals surface area contributed by atoms with E-state index in [1.165, 1.54) is 5.57 Å². The number of nitrogens with zero attached hydrogens (tertiary/aromatic N) is 3. The summed E-state index contributed by atoms with van der Waals surface area (Å²) in [7, 11) is 2.16. The molecule has 3 aliphatic heterocycles. The normalized spacial score (nSPS) is 26.3. The SMILES string of the molecule is CN1CCCC2[C@H]1CN2C(=O)c1n[nH]c2ccc(C3=CCOCC3)cc12. The van der Waals surface area contributed by atoms with Crippen LogP contribution in [0.5, 0.6) is 0 Å². The number of likely N-dealkylation sites (N-methyl/N-ethyl adjacent to an activating group) is 1. The van der Waals surface area contributed by atoms with Crippen molar-refractivity contribution in [1.29, 1.82) is 0 Å². The second-order valence-corrected chi connectivity index (χ2v) is 7.60. The molecule has 0 radical (unpaired) electrons. The Bertz CT molecular complexity index is 887. The molecule has 4 heterocycles. The van der Waals surface area contributed by atoms with Gasteiger partial charge in [0.05, 0.1) is 18.7 Å². The van der Waals surface area contributed by atoms with Crippen molar-refractivity contribution < 1.29 is 9.53 Å². The first kappa shape index (κ1) is 16.0. The Morgan fingerprint density at radius 3 is 3.12 bits per heavy atom. The molecule has 0 bridgehead atoms. The third-order valence-electron chi connectivity index (χ3n) is 6.17. The third-order valence-corrected chi connectivity index (χ3v) is 6.17. The lowest BCUT2D eigenvalue weighted by atomic mass is 9.86. The predicted molar refractivity (Wildman–Crippen MR) is 100.0 cm³/mol. The molecule has 2 aromatic rings. The van der Waals surface area contributed by atoms with Crippen molar-refractivity contribution in [1.82, 2.24) is 20.0 Å². The van der Waals surface area contributed by atoms with Gasteiger partial charge in [-0.2, -0.15) is 5.10 Å². The van der Waals surface area contributed by atoms with Gasteiger partial charge >= 0.3 is 0 Å². The minimum atomic E-state index is 0.0610. The van der Waals surface area contributed by atoms with E-state index in [1.807, 2.05) is 11.0 Å². The highest BCUT2D eigenvalue weighted by Crippen LogP contribution is 2.33. The van der Waals surface area contributed by atoms with E-state index >= 15 is 0 Å². The number of carbonyl (C=O) groups is 1. The topological polar surface area (TPSA) is 61.5 Å². The molecule has 6 nitrogen and oxygen atoms in total. The van der Waals surface area contributed by atoms with Crippen LogP contribution in [0.15, 0.2) is 24.3 Å². The van der Waals surface area contributed by atoms with Gasteiger partial charge in [-0.05, 0) is 56.1 Å². The number of likely N-dealkylation sites (tertiary alicyclic amines) is 2. The van der Waals surface area contributed by atoms with Gasteiger partial charge in [-0.1, -0.05) is 12.1 Å². The number of fused-ring (bicyclic) bond motifs is 2. The lowest BCUT2D eigenvalue weighted by molar-refractivity contribution is -0.0313. The van der Waals surface area contributed by atoms with Crippen molar-refractivity contribution in [3.05, 3.63) is 35.5 Å². The van der Waals surface area contributed by atoms with Gasteiger partial charge in [0.2, 0.25) is 0 Å². The van der Waals surface area contributed by atoms with Gasteiger partial charge in [-0.25, -0.2) is 0 Å². The Balaban J connectivity index is 1.45. The number of aromatic nitrogens is 2. The van der Waals surface area contributed by atoms with E-state index in [2.05, 4.69) is 40.4 Å². The highest BCUT2D eigenvalue weighted by Gasteiger charge is 2.46. The molecule has 1 amide bonds. The first-order valence-corrected chi connectivity index (χ1v) is 9.49. The number of benzene rings is 1. The monoisotopic (exact) mass is 352 g/mol. The predicted octanol–water partition coefficient (Wildman–Crippen LogP) is 2.29. The summed E-state index contributed by atoms with van der Waals surface area (Å²) in [5.74, 6) is 0.0610.